The molecule has 0 aromatic heterocycles. The number of aromatic hydroxyl groups is 1. The first kappa shape index (κ1) is 20.0. The highest BCUT2D eigenvalue weighted by Crippen LogP contribution is 2.25. The van der Waals surface area contributed by atoms with Gasteiger partial charge in [0.15, 0.2) is 5.75 Å². The number of benzene rings is 1. The third kappa shape index (κ3) is 7.40. The molecule has 0 spiro atoms. The number of amides is 2. The highest BCUT2D eigenvalue weighted by molar-refractivity contribution is 6.35. The molecule has 1 aromatic rings. The van der Waals surface area contributed by atoms with Gasteiger partial charge in [0.05, 0.1) is 17.2 Å². The average Bonchev–Trinajstić information content (AvgIpc) is 2.55. The quantitative estimate of drug-likeness (QED) is 0.206. The lowest BCUT2D eigenvalue weighted by atomic mass is 10.2. The Kier molecular flexibility index (Phi) is 8.00. The fourth-order valence-electron chi connectivity index (χ4n) is 1.66. The van der Waals surface area contributed by atoms with Crippen LogP contribution in [-0.4, -0.2) is 47.3 Å². The largest absolute Gasteiger partial charge is 0.502 e. The van der Waals surface area contributed by atoms with Gasteiger partial charge in [0.1, 0.15) is 0 Å². The maximum atomic E-state index is 11.5. The standard InChI is InChI=1S/C15H20N4O6/c1-10(2)25-7-3-6-16-14(21)15(22)18-17-9-11-4-5-13(20)12(8-11)19(23)24/h4-5,8-10,20H,3,6-7H2,1-2H3,(H,16,21)(H,18,22)/b17-9+. The van der Waals surface area contributed by atoms with Crippen LogP contribution >= 0.6 is 0 Å². The summed E-state index contributed by atoms with van der Waals surface area (Å²) in [7, 11) is 0. The summed E-state index contributed by atoms with van der Waals surface area (Å²) in [6, 6.07) is 3.58. The van der Waals surface area contributed by atoms with E-state index in [2.05, 4.69) is 10.4 Å². The van der Waals surface area contributed by atoms with Gasteiger partial charge in [-0.3, -0.25) is 19.7 Å². The number of nitrogens with zero attached hydrogens (tertiary/aromatic N) is 2. The minimum absolute atomic E-state index is 0.101. The Labute approximate surface area is 144 Å². The van der Waals surface area contributed by atoms with Crippen LogP contribution in [0.5, 0.6) is 5.75 Å². The molecule has 0 saturated carbocycles. The molecule has 136 valence electrons. The fraction of sp³-hybridized carbons (Fsp3) is 0.400. The van der Waals surface area contributed by atoms with E-state index in [0.29, 0.717) is 13.0 Å². The summed E-state index contributed by atoms with van der Waals surface area (Å²) in [5.41, 5.74) is 1.79. The first-order valence-corrected chi connectivity index (χ1v) is 7.51. The number of hydrogen-bond acceptors (Lipinski definition) is 7. The van der Waals surface area contributed by atoms with Crippen LogP contribution in [0.25, 0.3) is 0 Å². The second-order valence-corrected chi connectivity index (χ2v) is 5.23. The number of nitrogens with one attached hydrogen (secondary N) is 2. The van der Waals surface area contributed by atoms with E-state index in [9.17, 15) is 24.8 Å². The molecule has 0 radical (unpaired) electrons. The van der Waals surface area contributed by atoms with E-state index in [1.165, 1.54) is 6.07 Å². The van der Waals surface area contributed by atoms with Gasteiger partial charge in [-0.25, -0.2) is 5.43 Å². The van der Waals surface area contributed by atoms with E-state index < -0.39 is 28.2 Å². The number of carbonyl (C=O) groups excluding carboxylic acids is 2. The van der Waals surface area contributed by atoms with E-state index in [0.717, 1.165) is 18.3 Å². The number of ether oxygens (including phenoxy) is 1. The van der Waals surface area contributed by atoms with Crippen molar-refractivity contribution < 1.29 is 24.4 Å². The number of phenols is 1. The molecule has 10 nitrogen and oxygen atoms in total. The van der Waals surface area contributed by atoms with Gasteiger partial charge >= 0.3 is 17.5 Å². The van der Waals surface area contributed by atoms with Crippen molar-refractivity contribution in [2.45, 2.75) is 26.4 Å². The van der Waals surface area contributed by atoms with Crippen molar-refractivity contribution in [1.29, 1.82) is 0 Å². The number of hydrogen-bond donors (Lipinski definition) is 3. The topological polar surface area (TPSA) is 143 Å². The maximum Gasteiger partial charge on any atom is 0.329 e. The van der Waals surface area contributed by atoms with Crippen LogP contribution in [0.2, 0.25) is 0 Å². The average molecular weight is 352 g/mol. The van der Waals surface area contributed by atoms with Crippen molar-refractivity contribution in [3.63, 3.8) is 0 Å². The molecule has 0 saturated heterocycles. The highest BCUT2D eigenvalue weighted by Gasteiger charge is 2.13. The van der Waals surface area contributed by atoms with Gasteiger partial charge in [0, 0.05) is 24.8 Å². The molecule has 0 fully saturated rings. The summed E-state index contributed by atoms with van der Waals surface area (Å²) in [5, 5.41) is 26.0. The van der Waals surface area contributed by atoms with Crippen LogP contribution in [0.3, 0.4) is 0 Å². The molecule has 10 heteroatoms. The third-order valence-corrected chi connectivity index (χ3v) is 2.84. The molecule has 3 N–H and O–H groups in total. The minimum atomic E-state index is -0.964. The van der Waals surface area contributed by atoms with Gasteiger partial charge in [-0.1, -0.05) is 0 Å². The molecular formula is C15H20N4O6. The van der Waals surface area contributed by atoms with Crippen LogP contribution < -0.4 is 10.7 Å². The zero-order chi connectivity index (χ0) is 18.8. The minimum Gasteiger partial charge on any atom is -0.502 e. The lowest BCUT2D eigenvalue weighted by molar-refractivity contribution is -0.385. The molecule has 0 bridgehead atoms. The van der Waals surface area contributed by atoms with Gasteiger partial charge in [-0.2, -0.15) is 5.10 Å². The Hall–Kier alpha value is -3.01. The lowest BCUT2D eigenvalue weighted by Gasteiger charge is -2.07. The Bertz CT molecular complexity index is 659. The zero-order valence-corrected chi connectivity index (χ0v) is 13.9. The van der Waals surface area contributed by atoms with Gasteiger partial charge in [0.25, 0.3) is 0 Å². The zero-order valence-electron chi connectivity index (χ0n) is 13.9. The van der Waals surface area contributed by atoms with Crippen molar-refractivity contribution in [2.75, 3.05) is 13.2 Å². The Morgan fingerprint density at radius 2 is 2.12 bits per heavy atom. The van der Waals surface area contributed by atoms with Gasteiger partial charge in [-0.05, 0) is 32.4 Å². The monoisotopic (exact) mass is 352 g/mol. The van der Waals surface area contributed by atoms with E-state index in [4.69, 9.17) is 4.74 Å². The van der Waals surface area contributed by atoms with Crippen LogP contribution in [0.1, 0.15) is 25.8 Å². The summed E-state index contributed by atoms with van der Waals surface area (Å²) in [5.74, 6) is -2.29. The van der Waals surface area contributed by atoms with Crippen molar-refractivity contribution in [3.05, 3.63) is 33.9 Å². The van der Waals surface area contributed by atoms with E-state index >= 15 is 0 Å². The van der Waals surface area contributed by atoms with Crippen molar-refractivity contribution >= 4 is 23.7 Å². The van der Waals surface area contributed by atoms with E-state index in [1.54, 1.807) is 0 Å². The molecule has 1 aromatic carbocycles. The second kappa shape index (κ2) is 9.98. The predicted molar refractivity (Wildman–Crippen MR) is 89.2 cm³/mol. The smallest absolute Gasteiger partial charge is 0.329 e. The van der Waals surface area contributed by atoms with Crippen molar-refractivity contribution in [1.82, 2.24) is 10.7 Å². The van der Waals surface area contributed by atoms with Crippen LogP contribution in [0, 0.1) is 10.1 Å². The molecule has 2 amide bonds. The maximum absolute atomic E-state index is 11.5. The Morgan fingerprint density at radius 3 is 2.76 bits per heavy atom. The number of nitro benzene ring substituents is 1. The third-order valence-electron chi connectivity index (χ3n) is 2.84. The number of rotatable bonds is 8. The molecular weight excluding hydrogens is 332 g/mol. The normalized spacial score (nSPS) is 10.8. The van der Waals surface area contributed by atoms with Gasteiger partial charge < -0.3 is 15.2 Å². The summed E-state index contributed by atoms with van der Waals surface area (Å²) in [6.45, 7) is 4.55. The summed E-state index contributed by atoms with van der Waals surface area (Å²) in [4.78, 5) is 33.0. The molecule has 0 unspecified atom stereocenters. The SMILES string of the molecule is CC(C)OCCCNC(=O)C(=O)N/N=C/c1ccc(O)c([N+](=O)[O-])c1. The van der Waals surface area contributed by atoms with Crippen molar-refractivity contribution in [3.8, 4) is 5.75 Å². The summed E-state index contributed by atoms with van der Waals surface area (Å²) >= 11 is 0. The van der Waals surface area contributed by atoms with E-state index in [-0.39, 0.29) is 18.2 Å². The molecule has 25 heavy (non-hydrogen) atoms. The van der Waals surface area contributed by atoms with Crippen LogP contribution in [0.4, 0.5) is 5.69 Å². The van der Waals surface area contributed by atoms with Gasteiger partial charge in [-0.15, -0.1) is 0 Å². The number of phenolic OH excluding ortho intramolecular Hbond substituents is 1. The molecule has 0 aliphatic carbocycles. The Morgan fingerprint density at radius 1 is 1.40 bits per heavy atom. The van der Waals surface area contributed by atoms with Crippen molar-refractivity contribution in [2.24, 2.45) is 5.10 Å². The van der Waals surface area contributed by atoms with Gasteiger partial charge in [0.2, 0.25) is 0 Å². The molecule has 0 atom stereocenters. The Balaban J connectivity index is 2.42. The molecule has 0 aliphatic heterocycles. The van der Waals surface area contributed by atoms with Crippen LogP contribution in [0.15, 0.2) is 23.3 Å². The predicted octanol–water partition coefficient (Wildman–Crippen LogP) is 0.682. The highest BCUT2D eigenvalue weighted by atomic mass is 16.6. The van der Waals surface area contributed by atoms with Crippen LogP contribution in [-0.2, 0) is 14.3 Å². The molecule has 0 aliphatic rings. The number of carbonyl (C=O) groups is 2. The van der Waals surface area contributed by atoms with E-state index in [1.807, 2.05) is 19.3 Å². The number of hydrazone groups is 1. The summed E-state index contributed by atoms with van der Waals surface area (Å²) in [6.07, 6.45) is 1.79. The molecule has 1 rings (SSSR count). The first-order chi connectivity index (χ1) is 11.8. The fourth-order valence-corrected chi connectivity index (χ4v) is 1.66. The lowest BCUT2D eigenvalue weighted by Crippen LogP contribution is -2.38. The number of nitro groups is 1. The second-order valence-electron chi connectivity index (χ2n) is 5.23. The first-order valence-electron chi connectivity index (χ1n) is 7.51. The summed E-state index contributed by atoms with van der Waals surface area (Å²) < 4.78 is 5.29. The molecule has 0 heterocycles.